The lowest BCUT2D eigenvalue weighted by atomic mass is 9.94. The molecule has 2 fully saturated rings. The number of pyridine rings is 1. The summed E-state index contributed by atoms with van der Waals surface area (Å²) in [5, 5.41) is 7.18. The fourth-order valence-corrected chi connectivity index (χ4v) is 6.50. The van der Waals surface area contributed by atoms with E-state index in [1.165, 1.54) is 49.1 Å². The van der Waals surface area contributed by atoms with Crippen molar-refractivity contribution in [2.45, 2.75) is 70.5 Å². The second kappa shape index (κ2) is 11.6. The van der Waals surface area contributed by atoms with Gasteiger partial charge in [-0.15, -0.1) is 0 Å². The van der Waals surface area contributed by atoms with Crippen molar-refractivity contribution in [3.8, 4) is 5.75 Å². The van der Waals surface area contributed by atoms with Gasteiger partial charge in [0.15, 0.2) is 5.11 Å². The Hall–Kier alpha value is -3.39. The first-order valence-electron chi connectivity index (χ1n) is 13.6. The average Bonchev–Trinajstić information content (AvgIpc) is 3.42. The number of carbonyl (C=O) groups is 1. The van der Waals surface area contributed by atoms with Crippen molar-refractivity contribution in [1.82, 2.24) is 19.8 Å². The van der Waals surface area contributed by atoms with Gasteiger partial charge in [-0.25, -0.2) is 0 Å². The third-order valence-corrected chi connectivity index (χ3v) is 8.29. The van der Waals surface area contributed by atoms with Crippen LogP contribution in [0.4, 0.5) is 5.69 Å². The van der Waals surface area contributed by atoms with Crippen LogP contribution >= 0.6 is 12.2 Å². The van der Waals surface area contributed by atoms with Gasteiger partial charge in [0, 0.05) is 36.6 Å². The number of para-hydroxylation sites is 2. The normalized spacial score (nSPS) is 19.9. The zero-order chi connectivity index (χ0) is 26.6. The molecule has 2 aromatic heterocycles. The predicted molar refractivity (Wildman–Crippen MR) is 154 cm³/mol. The van der Waals surface area contributed by atoms with Gasteiger partial charge >= 0.3 is 0 Å². The molecule has 0 spiro atoms. The highest BCUT2D eigenvalue weighted by molar-refractivity contribution is 7.80. The van der Waals surface area contributed by atoms with Gasteiger partial charge in [-0.05, 0) is 74.8 Å². The Morgan fingerprint density at radius 1 is 1.13 bits per heavy atom. The van der Waals surface area contributed by atoms with E-state index in [-0.39, 0.29) is 18.0 Å². The molecule has 0 radical (unpaired) electrons. The van der Waals surface area contributed by atoms with Crippen LogP contribution in [0.2, 0.25) is 0 Å². The number of methoxy groups -OCH3 is 1. The summed E-state index contributed by atoms with van der Waals surface area (Å²) in [6, 6.07) is 16.2. The smallest absolute Gasteiger partial charge is 0.226 e. The summed E-state index contributed by atoms with van der Waals surface area (Å²) in [5.74, 6) is 0.562. The third kappa shape index (κ3) is 5.27. The maximum Gasteiger partial charge on any atom is 0.226 e. The van der Waals surface area contributed by atoms with Gasteiger partial charge in [0.05, 0.1) is 30.6 Å². The summed E-state index contributed by atoms with van der Waals surface area (Å²) >= 11 is 5.85. The monoisotopic (exact) mass is 531 g/mol. The minimum absolute atomic E-state index is 0.0556. The fourth-order valence-electron chi connectivity index (χ4n) is 6.17. The van der Waals surface area contributed by atoms with Crippen molar-refractivity contribution >= 4 is 28.9 Å². The minimum atomic E-state index is -0.0960. The van der Waals surface area contributed by atoms with Crippen molar-refractivity contribution in [1.29, 1.82) is 0 Å². The molecule has 2 atom stereocenters. The van der Waals surface area contributed by atoms with Crippen LogP contribution in [0.3, 0.4) is 0 Å². The molecule has 5 rings (SSSR count). The van der Waals surface area contributed by atoms with E-state index in [1.54, 1.807) is 7.11 Å². The number of carbonyl (C=O) groups excluding carboxylic acids is 1. The Labute approximate surface area is 230 Å². The Bertz CT molecular complexity index is 1290. The summed E-state index contributed by atoms with van der Waals surface area (Å²) in [6.45, 7) is 4.95. The molecule has 200 valence electrons. The van der Waals surface area contributed by atoms with E-state index in [1.807, 2.05) is 48.7 Å². The Balaban J connectivity index is 1.42. The van der Waals surface area contributed by atoms with E-state index in [0.29, 0.717) is 35.6 Å². The molecular weight excluding hydrogens is 494 g/mol. The summed E-state index contributed by atoms with van der Waals surface area (Å²) in [4.78, 5) is 19.8. The molecule has 7 nitrogen and oxygen atoms in total. The molecule has 2 aliphatic rings. The molecule has 1 saturated heterocycles. The number of aryl methyl sites for hydroxylation is 1. The number of benzene rings is 1. The molecule has 1 aliphatic carbocycles. The Kier molecular flexibility index (Phi) is 7.98. The number of nitrogens with one attached hydrogen (secondary N) is 2. The second-order valence-corrected chi connectivity index (χ2v) is 10.7. The number of aromatic nitrogens is 2. The number of ether oxygens (including phenoxy) is 1. The van der Waals surface area contributed by atoms with Crippen LogP contribution in [-0.2, 0) is 4.79 Å². The number of amides is 1. The summed E-state index contributed by atoms with van der Waals surface area (Å²) in [6.07, 6.45) is 8.49. The van der Waals surface area contributed by atoms with Crippen LogP contribution < -0.4 is 15.4 Å². The van der Waals surface area contributed by atoms with E-state index in [2.05, 4.69) is 45.0 Å². The molecular formula is C30H37N5O2S. The molecule has 2 N–H and O–H groups in total. The first-order valence-corrected chi connectivity index (χ1v) is 14.0. The second-order valence-electron chi connectivity index (χ2n) is 10.3. The fraction of sp³-hybridized carbons (Fsp3) is 0.433. The molecule has 3 heterocycles. The molecule has 0 bridgehead atoms. The van der Waals surface area contributed by atoms with Gasteiger partial charge in [-0.2, -0.15) is 0 Å². The predicted octanol–water partition coefficient (Wildman–Crippen LogP) is 6.02. The van der Waals surface area contributed by atoms with Gasteiger partial charge in [0.25, 0.3) is 0 Å². The van der Waals surface area contributed by atoms with Crippen LogP contribution in [0.5, 0.6) is 5.75 Å². The summed E-state index contributed by atoms with van der Waals surface area (Å²) < 4.78 is 7.93. The summed E-state index contributed by atoms with van der Waals surface area (Å²) in [7, 11) is 1.60. The molecule has 3 aromatic rings. The Morgan fingerprint density at radius 3 is 2.63 bits per heavy atom. The maximum absolute atomic E-state index is 13.0. The third-order valence-electron chi connectivity index (χ3n) is 7.94. The first-order chi connectivity index (χ1) is 18.5. The van der Waals surface area contributed by atoms with Crippen LogP contribution in [0.25, 0.3) is 0 Å². The van der Waals surface area contributed by atoms with Crippen molar-refractivity contribution in [3.63, 3.8) is 0 Å². The van der Waals surface area contributed by atoms with Gasteiger partial charge in [-0.1, -0.05) is 37.5 Å². The number of nitrogens with zero attached hydrogens (tertiary/aromatic N) is 3. The van der Waals surface area contributed by atoms with Gasteiger partial charge in [0.1, 0.15) is 5.75 Å². The minimum Gasteiger partial charge on any atom is -0.495 e. The number of hydrogen-bond acceptors (Lipinski definition) is 4. The molecule has 1 saturated carbocycles. The number of rotatable bonds is 8. The highest BCUT2D eigenvalue weighted by Gasteiger charge is 2.41. The van der Waals surface area contributed by atoms with Crippen molar-refractivity contribution < 1.29 is 9.53 Å². The molecule has 1 aliphatic heterocycles. The molecule has 1 aromatic carbocycles. The lowest BCUT2D eigenvalue weighted by Crippen LogP contribution is -2.33. The van der Waals surface area contributed by atoms with Gasteiger partial charge in [-0.3, -0.25) is 9.78 Å². The summed E-state index contributed by atoms with van der Waals surface area (Å²) in [5.41, 5.74) is 5.44. The lowest BCUT2D eigenvalue weighted by Gasteiger charge is -2.29. The maximum atomic E-state index is 13.0. The van der Waals surface area contributed by atoms with Crippen LogP contribution in [-0.4, -0.2) is 39.1 Å². The molecule has 8 heteroatoms. The van der Waals surface area contributed by atoms with Gasteiger partial charge < -0.3 is 24.8 Å². The average molecular weight is 532 g/mol. The van der Waals surface area contributed by atoms with E-state index < -0.39 is 0 Å². The van der Waals surface area contributed by atoms with E-state index in [0.717, 1.165) is 5.69 Å². The van der Waals surface area contributed by atoms with E-state index in [4.69, 9.17) is 17.0 Å². The topological polar surface area (TPSA) is 71.4 Å². The Morgan fingerprint density at radius 2 is 1.89 bits per heavy atom. The number of hydrogen-bond donors (Lipinski definition) is 2. The SMILES string of the molecule is COc1ccccc1NC(=O)CCN1C(=S)N[C@H](c2ccccn2)[C@H]1c1cc(C)n(C2CCCCC2)c1C. The zero-order valence-electron chi connectivity index (χ0n) is 22.4. The van der Waals surface area contributed by atoms with Crippen LogP contribution in [0, 0.1) is 13.8 Å². The largest absolute Gasteiger partial charge is 0.495 e. The molecule has 1 amide bonds. The van der Waals surface area contributed by atoms with Gasteiger partial charge in [0.2, 0.25) is 5.91 Å². The highest BCUT2D eigenvalue weighted by Crippen LogP contribution is 2.42. The van der Waals surface area contributed by atoms with Crippen molar-refractivity contribution in [2.24, 2.45) is 0 Å². The molecule has 38 heavy (non-hydrogen) atoms. The molecule has 0 unspecified atom stereocenters. The van der Waals surface area contributed by atoms with Crippen LogP contribution in [0.1, 0.15) is 79.3 Å². The lowest BCUT2D eigenvalue weighted by molar-refractivity contribution is -0.116. The number of anilines is 1. The highest BCUT2D eigenvalue weighted by atomic mass is 32.1. The van der Waals surface area contributed by atoms with Crippen molar-refractivity contribution in [3.05, 3.63) is 77.4 Å². The van der Waals surface area contributed by atoms with E-state index in [9.17, 15) is 4.79 Å². The first kappa shape index (κ1) is 26.2. The quantitative estimate of drug-likeness (QED) is 0.347. The van der Waals surface area contributed by atoms with Crippen molar-refractivity contribution in [2.75, 3.05) is 19.0 Å². The standard InChI is InChI=1S/C30H37N5O2S/c1-20-19-23(21(2)35(20)22-11-5-4-6-12-22)29-28(25-14-9-10-17-31-25)33-30(38)34(29)18-16-27(36)32-24-13-7-8-15-26(24)37-3/h7-10,13-15,17,19,22,28-29H,4-6,11-12,16,18H2,1-3H3,(H,32,36)(H,33,38)/t28-,29-/m1/s1. The zero-order valence-corrected chi connectivity index (χ0v) is 23.3. The number of thiocarbonyl (C=S) groups is 1. The van der Waals surface area contributed by atoms with E-state index >= 15 is 0 Å². The van der Waals surface area contributed by atoms with Crippen LogP contribution in [0.15, 0.2) is 54.7 Å².